The van der Waals surface area contributed by atoms with E-state index in [1.807, 2.05) is 0 Å². The minimum absolute atomic E-state index is 0.0144. The Kier molecular flexibility index (Phi) is 9.14. The average Bonchev–Trinajstić information content (AvgIpc) is 3.50. The Morgan fingerprint density at radius 2 is 1.13 bits per heavy atom. The first-order chi connectivity index (χ1) is 19.3. The van der Waals surface area contributed by atoms with Gasteiger partial charge in [-0.15, -0.1) is 0 Å². The SMILES string of the molecule is C[C@H]([C@@H]1C=CC=C1c1ccccc1P(c1ccccc1)c1ccccc1)P(C1CCCCC1)C1CCCCC1. The van der Waals surface area contributed by atoms with Crippen molar-refractivity contribution in [3.63, 3.8) is 0 Å². The van der Waals surface area contributed by atoms with Crippen LogP contribution >= 0.6 is 15.8 Å². The Bertz CT molecular complexity index is 1190. The van der Waals surface area contributed by atoms with Crippen LogP contribution in [-0.2, 0) is 0 Å². The van der Waals surface area contributed by atoms with Gasteiger partial charge in [-0.2, -0.15) is 0 Å². The van der Waals surface area contributed by atoms with Gasteiger partial charge in [0.25, 0.3) is 0 Å². The predicted octanol–water partition coefficient (Wildman–Crippen LogP) is 9.55. The van der Waals surface area contributed by atoms with Crippen molar-refractivity contribution in [1.82, 2.24) is 0 Å². The summed E-state index contributed by atoms with van der Waals surface area (Å²) in [5.41, 5.74) is 5.80. The molecule has 202 valence electrons. The van der Waals surface area contributed by atoms with Crippen molar-refractivity contribution < 1.29 is 0 Å². The molecule has 3 aliphatic carbocycles. The van der Waals surface area contributed by atoms with Gasteiger partial charge in [-0.3, -0.25) is 0 Å². The van der Waals surface area contributed by atoms with Crippen LogP contribution in [0.1, 0.15) is 76.7 Å². The fourth-order valence-electron chi connectivity index (χ4n) is 7.58. The summed E-state index contributed by atoms with van der Waals surface area (Å²) in [5, 5.41) is 4.39. The molecule has 0 aliphatic heterocycles. The zero-order valence-corrected chi connectivity index (χ0v) is 25.4. The first-order valence-corrected chi connectivity index (χ1v) is 18.4. The highest BCUT2D eigenvalue weighted by Crippen LogP contribution is 2.62. The molecule has 2 fully saturated rings. The summed E-state index contributed by atoms with van der Waals surface area (Å²) in [6, 6.07) is 31.9. The monoisotopic (exact) mass is 550 g/mol. The predicted molar refractivity (Wildman–Crippen MR) is 176 cm³/mol. The van der Waals surface area contributed by atoms with Gasteiger partial charge in [0.1, 0.15) is 0 Å². The van der Waals surface area contributed by atoms with E-state index in [4.69, 9.17) is 0 Å². The third-order valence-corrected chi connectivity index (χ3v) is 15.9. The molecule has 0 unspecified atom stereocenters. The molecule has 0 nitrogen and oxygen atoms in total. The number of allylic oxidation sites excluding steroid dienone is 4. The summed E-state index contributed by atoms with van der Waals surface area (Å²) in [6.07, 6.45) is 22.2. The third kappa shape index (κ3) is 6.04. The van der Waals surface area contributed by atoms with E-state index in [9.17, 15) is 0 Å². The number of rotatable bonds is 8. The van der Waals surface area contributed by atoms with Crippen LogP contribution in [0.3, 0.4) is 0 Å². The molecule has 0 aromatic heterocycles. The molecule has 3 aromatic rings. The summed E-state index contributed by atoms with van der Waals surface area (Å²) in [6.45, 7) is 2.66. The highest BCUT2D eigenvalue weighted by atomic mass is 31.1. The van der Waals surface area contributed by atoms with Crippen LogP contribution in [0, 0.1) is 5.92 Å². The molecule has 2 atom stereocenters. The molecule has 0 radical (unpaired) electrons. The van der Waals surface area contributed by atoms with Crippen LogP contribution in [0.4, 0.5) is 0 Å². The van der Waals surface area contributed by atoms with Crippen molar-refractivity contribution in [3.8, 4) is 0 Å². The summed E-state index contributed by atoms with van der Waals surface area (Å²) in [5.74, 6) is 0.546. The first kappa shape index (κ1) is 27.2. The van der Waals surface area contributed by atoms with E-state index in [0.717, 1.165) is 17.0 Å². The van der Waals surface area contributed by atoms with E-state index in [1.165, 1.54) is 85.7 Å². The van der Waals surface area contributed by atoms with E-state index in [-0.39, 0.29) is 7.92 Å². The fraction of sp³-hybridized carbons (Fsp3) is 0.405. The van der Waals surface area contributed by atoms with E-state index in [1.54, 1.807) is 5.57 Å². The van der Waals surface area contributed by atoms with Gasteiger partial charge in [-0.1, -0.05) is 157 Å². The molecule has 6 rings (SSSR count). The fourth-order valence-corrected chi connectivity index (χ4v) is 14.5. The van der Waals surface area contributed by atoms with E-state index in [0.29, 0.717) is 5.92 Å². The average molecular weight is 551 g/mol. The van der Waals surface area contributed by atoms with Crippen molar-refractivity contribution >= 4 is 37.3 Å². The zero-order chi connectivity index (χ0) is 26.4. The lowest BCUT2D eigenvalue weighted by Gasteiger charge is -2.44. The van der Waals surface area contributed by atoms with Crippen LogP contribution in [-0.4, -0.2) is 17.0 Å². The molecule has 3 aromatic carbocycles. The van der Waals surface area contributed by atoms with Crippen molar-refractivity contribution in [1.29, 1.82) is 0 Å². The lowest BCUT2D eigenvalue weighted by molar-refractivity contribution is 0.479. The number of hydrogen-bond donors (Lipinski definition) is 0. The largest absolute Gasteiger partial charge is 0.0965 e. The Balaban J connectivity index is 1.37. The molecular formula is C37H44P2. The molecule has 0 saturated heterocycles. The lowest BCUT2D eigenvalue weighted by atomic mass is 9.93. The van der Waals surface area contributed by atoms with E-state index >= 15 is 0 Å². The maximum Gasteiger partial charge on any atom is 0.00923 e. The van der Waals surface area contributed by atoms with Crippen molar-refractivity contribution in [2.75, 3.05) is 0 Å². The van der Waals surface area contributed by atoms with Crippen LogP contribution in [0.25, 0.3) is 5.57 Å². The molecule has 0 spiro atoms. The zero-order valence-electron chi connectivity index (χ0n) is 23.6. The maximum absolute atomic E-state index is 2.66. The van der Waals surface area contributed by atoms with Crippen molar-refractivity contribution in [2.24, 2.45) is 5.92 Å². The third-order valence-electron chi connectivity index (χ3n) is 9.42. The van der Waals surface area contributed by atoms with Crippen molar-refractivity contribution in [3.05, 3.63) is 109 Å². The molecule has 39 heavy (non-hydrogen) atoms. The second-order valence-electron chi connectivity index (χ2n) is 11.8. The summed E-state index contributed by atoms with van der Waals surface area (Å²) in [4.78, 5) is 0. The smallest absolute Gasteiger partial charge is 0.00923 e. The molecule has 0 bridgehead atoms. The second kappa shape index (κ2) is 13.1. The van der Waals surface area contributed by atoms with Gasteiger partial charge in [0.05, 0.1) is 0 Å². The minimum Gasteiger partial charge on any atom is -0.0965 e. The Hall–Kier alpha value is -2.00. The molecule has 0 N–H and O–H groups in total. The molecule has 3 aliphatic rings. The Morgan fingerprint density at radius 3 is 1.69 bits per heavy atom. The quantitative estimate of drug-likeness (QED) is 0.245. The second-order valence-corrected chi connectivity index (χ2v) is 17.2. The van der Waals surface area contributed by atoms with Crippen LogP contribution in [0.5, 0.6) is 0 Å². The summed E-state index contributed by atoms with van der Waals surface area (Å²) < 4.78 is 0. The Labute approximate surface area is 239 Å². The Morgan fingerprint density at radius 1 is 0.615 bits per heavy atom. The number of hydrogen-bond acceptors (Lipinski definition) is 0. The van der Waals surface area contributed by atoms with Gasteiger partial charge >= 0.3 is 0 Å². The highest BCUT2D eigenvalue weighted by molar-refractivity contribution is 7.80. The summed E-state index contributed by atoms with van der Waals surface area (Å²) in [7, 11) is -0.610. The van der Waals surface area contributed by atoms with Gasteiger partial charge in [-0.05, 0) is 77.6 Å². The van der Waals surface area contributed by atoms with Gasteiger partial charge < -0.3 is 0 Å². The van der Waals surface area contributed by atoms with Gasteiger partial charge in [0.2, 0.25) is 0 Å². The highest BCUT2D eigenvalue weighted by Gasteiger charge is 2.39. The van der Waals surface area contributed by atoms with Gasteiger partial charge in [0, 0.05) is 5.92 Å². The van der Waals surface area contributed by atoms with E-state index in [2.05, 4.69) is 110 Å². The molecule has 2 heteroatoms. The van der Waals surface area contributed by atoms with E-state index < -0.39 is 7.92 Å². The van der Waals surface area contributed by atoms with Crippen LogP contribution in [0.15, 0.2) is 103 Å². The minimum atomic E-state index is -0.624. The maximum atomic E-state index is 2.66. The number of benzene rings is 3. The topological polar surface area (TPSA) is 0 Å². The first-order valence-electron chi connectivity index (χ1n) is 15.5. The standard InChI is InChI=1S/C37H44P2/c1-29(38(30-17-6-2-7-18-30)31-19-8-3-9-20-31)34-26-16-27-35(34)36-25-14-15-28-37(36)39(32-21-10-4-11-22-32)33-23-12-5-13-24-33/h4-5,10-16,21-31,34H,2-3,6-9,17-20H2,1H3/t29-,34+/m1/s1. The molecular weight excluding hydrogens is 506 g/mol. The molecule has 2 saturated carbocycles. The lowest BCUT2D eigenvalue weighted by Crippen LogP contribution is -2.30. The summed E-state index contributed by atoms with van der Waals surface area (Å²) >= 11 is 0. The normalized spacial score (nSPS) is 21.4. The van der Waals surface area contributed by atoms with Gasteiger partial charge in [-0.25, -0.2) is 0 Å². The van der Waals surface area contributed by atoms with Gasteiger partial charge in [0.15, 0.2) is 0 Å². The van der Waals surface area contributed by atoms with Crippen LogP contribution < -0.4 is 15.9 Å². The van der Waals surface area contributed by atoms with Crippen LogP contribution in [0.2, 0.25) is 0 Å². The van der Waals surface area contributed by atoms with Crippen molar-refractivity contribution in [2.45, 2.75) is 88.1 Å². The molecule has 0 heterocycles. The molecule has 0 amide bonds.